The summed E-state index contributed by atoms with van der Waals surface area (Å²) in [6, 6.07) is 4.81. The van der Waals surface area contributed by atoms with Gasteiger partial charge in [0.05, 0.1) is 0 Å². The van der Waals surface area contributed by atoms with Crippen molar-refractivity contribution < 1.29 is 9.18 Å². The molecule has 1 aliphatic carbocycles. The Labute approximate surface area is 122 Å². The van der Waals surface area contributed by atoms with E-state index in [1.165, 1.54) is 25.3 Å². The molecule has 0 bridgehead atoms. The zero-order valence-electron chi connectivity index (χ0n) is 11.1. The van der Waals surface area contributed by atoms with E-state index >= 15 is 0 Å². The van der Waals surface area contributed by atoms with E-state index in [0.29, 0.717) is 5.56 Å². The number of Topliss-reactive ketones (excluding diaryl/α,β-unsaturated/α-hetero) is 1. The van der Waals surface area contributed by atoms with Crippen LogP contribution in [-0.2, 0) is 11.2 Å². The van der Waals surface area contributed by atoms with Crippen LogP contribution in [0.4, 0.5) is 4.39 Å². The highest BCUT2D eigenvalue weighted by Crippen LogP contribution is 2.25. The first kappa shape index (κ1) is 14.7. The molecule has 0 spiro atoms. The van der Waals surface area contributed by atoms with Crippen LogP contribution >= 0.6 is 15.9 Å². The summed E-state index contributed by atoms with van der Waals surface area (Å²) < 4.78 is 14.5. The lowest BCUT2D eigenvalue weighted by Gasteiger charge is -2.18. The van der Waals surface area contributed by atoms with Crippen LogP contribution in [0.5, 0.6) is 0 Å². The molecule has 0 aromatic heterocycles. The molecule has 0 heterocycles. The van der Waals surface area contributed by atoms with Gasteiger partial charge < -0.3 is 0 Å². The van der Waals surface area contributed by atoms with Crippen LogP contribution in [0, 0.1) is 11.7 Å². The maximum absolute atomic E-state index is 13.7. The van der Waals surface area contributed by atoms with Gasteiger partial charge in [-0.2, -0.15) is 0 Å². The highest BCUT2D eigenvalue weighted by molar-refractivity contribution is 9.10. The minimum Gasteiger partial charge on any atom is -0.299 e. The molecule has 104 valence electrons. The number of halogens is 2. The second kappa shape index (κ2) is 7.18. The van der Waals surface area contributed by atoms with Crippen molar-refractivity contribution in [2.75, 3.05) is 0 Å². The Morgan fingerprint density at radius 3 is 2.47 bits per heavy atom. The van der Waals surface area contributed by atoms with Gasteiger partial charge in [0.1, 0.15) is 11.6 Å². The molecule has 1 aromatic rings. The van der Waals surface area contributed by atoms with Gasteiger partial charge in [-0.15, -0.1) is 0 Å². The van der Waals surface area contributed by atoms with Crippen molar-refractivity contribution in [3.63, 3.8) is 0 Å². The summed E-state index contributed by atoms with van der Waals surface area (Å²) in [7, 11) is 0. The molecule has 1 fully saturated rings. The summed E-state index contributed by atoms with van der Waals surface area (Å²) in [6.45, 7) is 0. The van der Waals surface area contributed by atoms with Gasteiger partial charge in [0.25, 0.3) is 0 Å². The van der Waals surface area contributed by atoms with E-state index in [9.17, 15) is 9.18 Å². The van der Waals surface area contributed by atoms with Crippen molar-refractivity contribution in [2.24, 2.45) is 5.92 Å². The van der Waals surface area contributed by atoms with E-state index in [2.05, 4.69) is 15.9 Å². The van der Waals surface area contributed by atoms with Crippen LogP contribution in [0.3, 0.4) is 0 Å². The van der Waals surface area contributed by atoms with E-state index in [4.69, 9.17) is 0 Å². The van der Waals surface area contributed by atoms with Gasteiger partial charge in [-0.1, -0.05) is 48.0 Å². The molecule has 0 saturated heterocycles. The van der Waals surface area contributed by atoms with Gasteiger partial charge in [0.2, 0.25) is 0 Å². The van der Waals surface area contributed by atoms with Crippen LogP contribution < -0.4 is 0 Å². The fourth-order valence-corrected chi connectivity index (χ4v) is 3.20. The Morgan fingerprint density at radius 2 is 1.79 bits per heavy atom. The highest BCUT2D eigenvalue weighted by Gasteiger charge is 2.20. The summed E-state index contributed by atoms with van der Waals surface area (Å²) in [6.07, 6.45) is 8.22. The summed E-state index contributed by atoms with van der Waals surface area (Å²) in [5, 5.41) is 0. The van der Waals surface area contributed by atoms with E-state index < -0.39 is 0 Å². The van der Waals surface area contributed by atoms with Crippen molar-refractivity contribution in [3.8, 4) is 0 Å². The number of carbonyl (C=O) groups is 1. The molecule has 0 N–H and O–H groups in total. The van der Waals surface area contributed by atoms with E-state index in [1.807, 2.05) is 0 Å². The average Bonchev–Trinajstić information content (AvgIpc) is 2.33. The molecule has 1 aromatic carbocycles. The SMILES string of the molecule is O=C(Cc1cc(Br)ccc1F)C1CCCCCCC1. The van der Waals surface area contributed by atoms with Gasteiger partial charge in [-0.25, -0.2) is 4.39 Å². The molecule has 0 aliphatic heterocycles. The van der Waals surface area contributed by atoms with Crippen LogP contribution in [0.15, 0.2) is 22.7 Å². The monoisotopic (exact) mass is 326 g/mol. The average molecular weight is 327 g/mol. The smallest absolute Gasteiger partial charge is 0.140 e. The van der Waals surface area contributed by atoms with E-state index in [-0.39, 0.29) is 23.9 Å². The number of benzene rings is 1. The molecule has 0 amide bonds. The van der Waals surface area contributed by atoms with Crippen molar-refractivity contribution in [1.82, 2.24) is 0 Å². The number of hydrogen-bond donors (Lipinski definition) is 0. The molecule has 1 nitrogen and oxygen atoms in total. The van der Waals surface area contributed by atoms with Crippen molar-refractivity contribution in [1.29, 1.82) is 0 Å². The normalized spacial score (nSPS) is 17.8. The second-order valence-corrected chi connectivity index (χ2v) is 6.34. The molecule has 1 aliphatic rings. The Kier molecular flexibility index (Phi) is 5.56. The van der Waals surface area contributed by atoms with Crippen molar-refractivity contribution >= 4 is 21.7 Å². The lowest BCUT2D eigenvalue weighted by molar-refractivity contribution is -0.122. The van der Waals surface area contributed by atoms with Gasteiger partial charge in [0, 0.05) is 16.8 Å². The maximum atomic E-state index is 13.7. The van der Waals surface area contributed by atoms with Crippen LogP contribution in [0.25, 0.3) is 0 Å². The molecular formula is C16H20BrFO. The molecule has 0 atom stereocenters. The van der Waals surface area contributed by atoms with Gasteiger partial charge in [-0.05, 0) is 36.6 Å². The molecular weight excluding hydrogens is 307 g/mol. The summed E-state index contributed by atoms with van der Waals surface area (Å²) in [4.78, 5) is 12.3. The van der Waals surface area contributed by atoms with Gasteiger partial charge >= 0.3 is 0 Å². The predicted molar refractivity (Wildman–Crippen MR) is 78.6 cm³/mol. The van der Waals surface area contributed by atoms with Gasteiger partial charge in [0.15, 0.2) is 0 Å². The van der Waals surface area contributed by atoms with E-state index in [1.54, 1.807) is 12.1 Å². The molecule has 3 heteroatoms. The number of carbonyl (C=O) groups excluding carboxylic acids is 1. The summed E-state index contributed by atoms with van der Waals surface area (Å²) in [5.74, 6) is 0.0694. The standard InChI is InChI=1S/C16H20BrFO/c17-14-8-9-15(18)13(10-14)11-16(19)12-6-4-2-1-3-5-7-12/h8-10,12H,1-7,11H2. The fourth-order valence-electron chi connectivity index (χ4n) is 2.79. The Balaban J connectivity index is 2.00. The van der Waals surface area contributed by atoms with Crippen LogP contribution in [-0.4, -0.2) is 5.78 Å². The molecule has 0 unspecified atom stereocenters. The lowest BCUT2D eigenvalue weighted by atomic mass is 9.86. The highest BCUT2D eigenvalue weighted by atomic mass is 79.9. The Bertz CT molecular complexity index is 436. The third kappa shape index (κ3) is 4.41. The molecule has 2 rings (SSSR count). The molecule has 19 heavy (non-hydrogen) atoms. The quantitative estimate of drug-likeness (QED) is 0.758. The van der Waals surface area contributed by atoms with Crippen molar-refractivity contribution in [3.05, 3.63) is 34.1 Å². The van der Waals surface area contributed by atoms with E-state index in [0.717, 1.165) is 30.2 Å². The summed E-state index contributed by atoms with van der Waals surface area (Å²) >= 11 is 3.33. The maximum Gasteiger partial charge on any atom is 0.140 e. The molecule has 0 radical (unpaired) electrons. The number of rotatable bonds is 3. The first-order valence-corrected chi connectivity index (χ1v) is 7.93. The zero-order chi connectivity index (χ0) is 13.7. The van der Waals surface area contributed by atoms with Crippen LogP contribution in [0.2, 0.25) is 0 Å². The second-order valence-electron chi connectivity index (χ2n) is 5.42. The van der Waals surface area contributed by atoms with Crippen molar-refractivity contribution in [2.45, 2.75) is 51.4 Å². The topological polar surface area (TPSA) is 17.1 Å². The number of ketones is 1. The Morgan fingerprint density at radius 1 is 1.16 bits per heavy atom. The minimum absolute atomic E-state index is 0.138. The predicted octanol–water partition coefficient (Wildman–Crippen LogP) is 5.06. The third-order valence-corrected chi connectivity index (χ3v) is 4.43. The largest absolute Gasteiger partial charge is 0.299 e. The zero-order valence-corrected chi connectivity index (χ0v) is 12.7. The fraction of sp³-hybridized carbons (Fsp3) is 0.562. The first-order chi connectivity index (χ1) is 9.16. The Hall–Kier alpha value is -0.700. The minimum atomic E-state index is -0.276. The van der Waals surface area contributed by atoms with Crippen LogP contribution in [0.1, 0.15) is 50.5 Å². The molecule has 1 saturated carbocycles. The summed E-state index contributed by atoms with van der Waals surface area (Å²) in [5.41, 5.74) is 0.515. The lowest BCUT2D eigenvalue weighted by Crippen LogP contribution is -2.18. The van der Waals surface area contributed by atoms with Gasteiger partial charge in [-0.3, -0.25) is 4.79 Å². The third-order valence-electron chi connectivity index (χ3n) is 3.93. The first-order valence-electron chi connectivity index (χ1n) is 7.13. The number of hydrogen-bond acceptors (Lipinski definition) is 1.